The van der Waals surface area contributed by atoms with Crippen LogP contribution in [0.1, 0.15) is 92.9 Å². The van der Waals surface area contributed by atoms with Gasteiger partial charge in [0.05, 0.1) is 0 Å². The molecule has 0 amide bonds. The highest BCUT2D eigenvalue weighted by molar-refractivity contribution is 5.12. The van der Waals surface area contributed by atoms with Gasteiger partial charge in [0.15, 0.2) is 0 Å². The molecular weight excluding hydrogens is 314 g/mol. The fourth-order valence-electron chi connectivity index (χ4n) is 4.69. The van der Waals surface area contributed by atoms with E-state index in [0.717, 1.165) is 50.0 Å². The van der Waals surface area contributed by atoms with Crippen molar-refractivity contribution in [2.24, 2.45) is 29.6 Å². The zero-order valence-corrected chi connectivity index (χ0v) is 17.5. The van der Waals surface area contributed by atoms with Crippen LogP contribution in [0.4, 0.5) is 8.78 Å². The summed E-state index contributed by atoms with van der Waals surface area (Å²) < 4.78 is 29.7. The Balaban J connectivity index is 0.00000151. The molecule has 2 saturated carbocycles. The van der Waals surface area contributed by atoms with Gasteiger partial charge >= 0.3 is 0 Å². The van der Waals surface area contributed by atoms with Gasteiger partial charge in [-0.1, -0.05) is 66.0 Å². The van der Waals surface area contributed by atoms with Crippen LogP contribution < -0.4 is 0 Å². The van der Waals surface area contributed by atoms with Crippen molar-refractivity contribution < 1.29 is 8.78 Å². The summed E-state index contributed by atoms with van der Waals surface area (Å²) in [6.07, 6.45) is 7.82. The molecule has 2 aliphatic rings. The van der Waals surface area contributed by atoms with Gasteiger partial charge in [-0.25, -0.2) is 8.78 Å². The van der Waals surface area contributed by atoms with Crippen LogP contribution in [0.5, 0.6) is 0 Å². The molecule has 0 aromatic rings. The van der Waals surface area contributed by atoms with Crippen LogP contribution in [-0.2, 0) is 0 Å². The Morgan fingerprint density at radius 1 is 0.960 bits per heavy atom. The minimum Gasteiger partial charge on any atom is -0.244 e. The van der Waals surface area contributed by atoms with Gasteiger partial charge in [-0.3, -0.25) is 0 Å². The maximum absolute atomic E-state index is 14.9. The van der Waals surface area contributed by atoms with Crippen LogP contribution in [0.25, 0.3) is 0 Å². The first kappa shape index (κ1) is 22.6. The second kappa shape index (κ2) is 11.3. The summed E-state index contributed by atoms with van der Waals surface area (Å²) in [5.74, 6) is 1.57. The fraction of sp³-hybridized carbons (Fsp3) is 0.913. The standard InChI is InChI=1S/C21H36F2.C2H6/c1-5-16(9-6-14(2)3)18-12-13-19(21(23)20(18)22)17-10-7-15(4)8-11-17;1-2/h9,14-15,17-21H,5-8,10-13H2,1-4H3;1-2H3/b16-9+;. The second-order valence-corrected chi connectivity index (χ2v) is 8.52. The SMILES string of the molecule is CC.CC/C(=C\CC(C)C)C1CCC(C2CCC(C)CC2)C(F)C1F. The van der Waals surface area contributed by atoms with Crippen molar-refractivity contribution >= 4 is 0 Å². The molecule has 0 aromatic heterocycles. The summed E-state index contributed by atoms with van der Waals surface area (Å²) in [4.78, 5) is 0. The fourth-order valence-corrected chi connectivity index (χ4v) is 4.69. The predicted molar refractivity (Wildman–Crippen MR) is 106 cm³/mol. The number of halogens is 2. The highest BCUT2D eigenvalue weighted by Crippen LogP contribution is 2.45. The van der Waals surface area contributed by atoms with Gasteiger partial charge < -0.3 is 0 Å². The van der Waals surface area contributed by atoms with E-state index in [1.54, 1.807) is 0 Å². The topological polar surface area (TPSA) is 0 Å². The number of hydrogen-bond donors (Lipinski definition) is 0. The quantitative estimate of drug-likeness (QED) is 0.439. The predicted octanol–water partition coefficient (Wildman–Crippen LogP) is 7.92. The van der Waals surface area contributed by atoms with Crippen LogP contribution in [0.15, 0.2) is 11.6 Å². The molecule has 0 saturated heterocycles. The van der Waals surface area contributed by atoms with Crippen LogP contribution in [-0.4, -0.2) is 12.3 Å². The summed E-state index contributed by atoms with van der Waals surface area (Å²) in [6, 6.07) is 0. The minimum absolute atomic E-state index is 0.0306. The van der Waals surface area contributed by atoms with Crippen molar-refractivity contribution in [2.45, 2.75) is 105 Å². The van der Waals surface area contributed by atoms with E-state index in [1.807, 2.05) is 13.8 Å². The third kappa shape index (κ3) is 6.36. The average molecular weight is 357 g/mol. The first-order valence-electron chi connectivity index (χ1n) is 10.9. The number of hydrogen-bond acceptors (Lipinski definition) is 0. The molecule has 2 fully saturated rings. The molecule has 2 heteroatoms. The normalized spacial score (nSPS) is 36.8. The maximum atomic E-state index is 14.9. The molecule has 2 rings (SSSR count). The molecule has 0 heterocycles. The minimum atomic E-state index is -1.29. The molecule has 0 spiro atoms. The summed E-state index contributed by atoms with van der Waals surface area (Å²) in [5, 5.41) is 0. The van der Waals surface area contributed by atoms with E-state index in [2.05, 4.69) is 33.8 Å². The lowest BCUT2D eigenvalue weighted by Gasteiger charge is -2.41. The number of alkyl halides is 2. The van der Waals surface area contributed by atoms with Crippen LogP contribution >= 0.6 is 0 Å². The largest absolute Gasteiger partial charge is 0.244 e. The second-order valence-electron chi connectivity index (χ2n) is 8.52. The van der Waals surface area contributed by atoms with Crippen molar-refractivity contribution in [2.75, 3.05) is 0 Å². The smallest absolute Gasteiger partial charge is 0.138 e. The zero-order valence-electron chi connectivity index (χ0n) is 17.5. The van der Waals surface area contributed by atoms with Crippen molar-refractivity contribution in [3.63, 3.8) is 0 Å². The van der Waals surface area contributed by atoms with Gasteiger partial charge in [0.25, 0.3) is 0 Å². The molecule has 148 valence electrons. The number of rotatable bonds is 5. The van der Waals surface area contributed by atoms with Crippen LogP contribution in [0.3, 0.4) is 0 Å². The molecular formula is C23H42F2. The zero-order chi connectivity index (χ0) is 19.0. The number of allylic oxidation sites excluding steroid dienone is 2. The first-order valence-corrected chi connectivity index (χ1v) is 10.9. The lowest BCUT2D eigenvalue weighted by molar-refractivity contribution is -0.00188. The third-order valence-electron chi connectivity index (χ3n) is 6.31. The monoisotopic (exact) mass is 356 g/mol. The molecule has 0 nitrogen and oxygen atoms in total. The van der Waals surface area contributed by atoms with E-state index < -0.39 is 12.3 Å². The molecule has 0 N–H and O–H groups in total. The van der Waals surface area contributed by atoms with Gasteiger partial charge in [0, 0.05) is 5.92 Å². The third-order valence-corrected chi connectivity index (χ3v) is 6.31. The molecule has 0 aliphatic heterocycles. The maximum Gasteiger partial charge on any atom is 0.138 e. The molecule has 0 aromatic carbocycles. The van der Waals surface area contributed by atoms with Gasteiger partial charge in [-0.05, 0) is 62.2 Å². The highest BCUT2D eigenvalue weighted by Gasteiger charge is 2.44. The van der Waals surface area contributed by atoms with E-state index in [4.69, 9.17) is 0 Å². The Labute approximate surface area is 155 Å². The molecule has 4 atom stereocenters. The van der Waals surface area contributed by atoms with E-state index in [1.165, 1.54) is 12.8 Å². The Kier molecular flexibility index (Phi) is 10.3. The van der Waals surface area contributed by atoms with E-state index in [0.29, 0.717) is 11.8 Å². The molecule has 4 unspecified atom stereocenters. The van der Waals surface area contributed by atoms with Crippen molar-refractivity contribution in [3.8, 4) is 0 Å². The Hall–Kier alpha value is -0.400. The Bertz CT molecular complexity index is 380. The molecule has 25 heavy (non-hydrogen) atoms. The lowest BCUT2D eigenvalue weighted by atomic mass is 9.66. The Morgan fingerprint density at radius 2 is 1.56 bits per heavy atom. The van der Waals surface area contributed by atoms with Gasteiger partial charge in [-0.15, -0.1) is 0 Å². The van der Waals surface area contributed by atoms with Crippen molar-refractivity contribution in [1.29, 1.82) is 0 Å². The van der Waals surface area contributed by atoms with Gasteiger partial charge in [-0.2, -0.15) is 0 Å². The van der Waals surface area contributed by atoms with Crippen LogP contribution in [0.2, 0.25) is 0 Å². The highest BCUT2D eigenvalue weighted by atomic mass is 19.2. The van der Waals surface area contributed by atoms with E-state index in [-0.39, 0.29) is 11.8 Å². The van der Waals surface area contributed by atoms with E-state index >= 15 is 0 Å². The molecule has 0 radical (unpaired) electrons. The summed E-state index contributed by atoms with van der Waals surface area (Å²) in [7, 11) is 0. The lowest BCUT2D eigenvalue weighted by Crippen LogP contribution is -2.42. The summed E-state index contributed by atoms with van der Waals surface area (Å²) >= 11 is 0. The average Bonchev–Trinajstić information content (AvgIpc) is 2.61. The van der Waals surface area contributed by atoms with Crippen molar-refractivity contribution in [3.05, 3.63) is 11.6 Å². The first-order chi connectivity index (χ1) is 11.9. The molecule has 0 bridgehead atoms. The van der Waals surface area contributed by atoms with E-state index in [9.17, 15) is 8.78 Å². The van der Waals surface area contributed by atoms with Crippen LogP contribution in [0, 0.1) is 29.6 Å². The van der Waals surface area contributed by atoms with Gasteiger partial charge in [0.2, 0.25) is 0 Å². The molecule has 2 aliphatic carbocycles. The Morgan fingerprint density at radius 3 is 2.08 bits per heavy atom. The van der Waals surface area contributed by atoms with Gasteiger partial charge in [0.1, 0.15) is 12.3 Å². The van der Waals surface area contributed by atoms with Crippen molar-refractivity contribution in [1.82, 2.24) is 0 Å². The summed E-state index contributed by atoms with van der Waals surface area (Å²) in [6.45, 7) is 12.7. The summed E-state index contributed by atoms with van der Waals surface area (Å²) in [5.41, 5.74) is 1.16.